The molecule has 1 aromatic heterocycles. The summed E-state index contributed by atoms with van der Waals surface area (Å²) >= 11 is 17.6. The minimum Gasteiger partial charge on any atom is -0.263 e. The van der Waals surface area contributed by atoms with Gasteiger partial charge in [-0.2, -0.15) is 0 Å². The monoisotopic (exact) mass is 257 g/mol. The van der Waals surface area contributed by atoms with E-state index < -0.39 is 0 Å². The molecule has 0 aliphatic rings. The molecule has 0 unspecified atom stereocenters. The van der Waals surface area contributed by atoms with Gasteiger partial charge in [-0.3, -0.25) is 4.98 Å². The zero-order valence-electron chi connectivity index (χ0n) is 7.55. The normalized spacial score (nSPS) is 10.3. The van der Waals surface area contributed by atoms with Crippen molar-refractivity contribution in [1.82, 2.24) is 4.98 Å². The summed E-state index contributed by atoms with van der Waals surface area (Å²) in [7, 11) is 0. The Balaban J connectivity index is 2.54. The van der Waals surface area contributed by atoms with E-state index >= 15 is 0 Å². The molecular formula is C11H6Cl3N. The van der Waals surface area contributed by atoms with Gasteiger partial charge in [0.2, 0.25) is 0 Å². The standard InChI is InChI=1S/C11H6Cl3N/c12-9-1-7(2-10(13)4-9)8-3-11(14)6-15-5-8/h1-6H. The Morgan fingerprint density at radius 2 is 1.27 bits per heavy atom. The maximum atomic E-state index is 5.90. The second-order valence-electron chi connectivity index (χ2n) is 3.05. The highest BCUT2D eigenvalue weighted by molar-refractivity contribution is 6.35. The number of hydrogen-bond acceptors (Lipinski definition) is 1. The number of halogens is 3. The van der Waals surface area contributed by atoms with Crippen LogP contribution >= 0.6 is 34.8 Å². The molecule has 0 aliphatic heterocycles. The number of pyridine rings is 1. The van der Waals surface area contributed by atoms with E-state index in [1.807, 2.05) is 18.2 Å². The quantitative estimate of drug-likeness (QED) is 0.722. The van der Waals surface area contributed by atoms with Crippen LogP contribution < -0.4 is 0 Å². The van der Waals surface area contributed by atoms with Crippen molar-refractivity contribution in [2.45, 2.75) is 0 Å². The van der Waals surface area contributed by atoms with Crippen molar-refractivity contribution < 1.29 is 0 Å². The number of rotatable bonds is 1. The van der Waals surface area contributed by atoms with Gasteiger partial charge < -0.3 is 0 Å². The molecule has 0 fully saturated rings. The van der Waals surface area contributed by atoms with Gasteiger partial charge in [0.1, 0.15) is 0 Å². The molecule has 1 nitrogen and oxygen atoms in total. The number of benzene rings is 1. The fourth-order valence-corrected chi connectivity index (χ4v) is 1.99. The summed E-state index contributed by atoms with van der Waals surface area (Å²) < 4.78 is 0. The van der Waals surface area contributed by atoms with Crippen molar-refractivity contribution in [2.24, 2.45) is 0 Å². The van der Waals surface area contributed by atoms with Crippen LogP contribution in [0.15, 0.2) is 36.7 Å². The van der Waals surface area contributed by atoms with E-state index in [1.54, 1.807) is 18.5 Å². The van der Waals surface area contributed by atoms with Crippen molar-refractivity contribution in [2.75, 3.05) is 0 Å². The van der Waals surface area contributed by atoms with Gasteiger partial charge in [-0.25, -0.2) is 0 Å². The minimum atomic E-state index is 0.587. The third kappa shape index (κ3) is 2.63. The van der Waals surface area contributed by atoms with Crippen LogP contribution in [0.1, 0.15) is 0 Å². The Bertz CT molecular complexity index is 477. The Morgan fingerprint density at radius 3 is 1.87 bits per heavy atom. The molecule has 0 saturated heterocycles. The zero-order valence-corrected chi connectivity index (χ0v) is 9.81. The Hall–Kier alpha value is -0.760. The van der Waals surface area contributed by atoms with E-state index in [0.29, 0.717) is 15.1 Å². The van der Waals surface area contributed by atoms with Crippen molar-refractivity contribution in [1.29, 1.82) is 0 Å². The van der Waals surface area contributed by atoms with Gasteiger partial charge in [0.05, 0.1) is 5.02 Å². The summed E-state index contributed by atoms with van der Waals surface area (Å²) in [5, 5.41) is 1.78. The van der Waals surface area contributed by atoms with Crippen LogP contribution in [0.4, 0.5) is 0 Å². The molecule has 0 saturated carbocycles. The average molecular weight is 259 g/mol. The number of aromatic nitrogens is 1. The molecule has 15 heavy (non-hydrogen) atoms. The Kier molecular flexibility index (Phi) is 3.15. The molecule has 0 spiro atoms. The van der Waals surface area contributed by atoms with Gasteiger partial charge in [0.25, 0.3) is 0 Å². The lowest BCUT2D eigenvalue weighted by Crippen LogP contribution is -1.80. The summed E-state index contributed by atoms with van der Waals surface area (Å²) in [6.45, 7) is 0. The first-order chi connectivity index (χ1) is 7.15. The SMILES string of the molecule is Clc1cncc(-c2cc(Cl)cc(Cl)c2)c1. The first-order valence-electron chi connectivity index (χ1n) is 4.22. The lowest BCUT2D eigenvalue weighted by atomic mass is 10.1. The zero-order chi connectivity index (χ0) is 10.8. The van der Waals surface area contributed by atoms with Crippen molar-refractivity contribution in [3.63, 3.8) is 0 Å². The van der Waals surface area contributed by atoms with E-state index in [2.05, 4.69) is 4.98 Å². The largest absolute Gasteiger partial charge is 0.263 e. The van der Waals surface area contributed by atoms with Gasteiger partial charge in [-0.15, -0.1) is 0 Å². The first kappa shape index (κ1) is 10.7. The van der Waals surface area contributed by atoms with Crippen molar-refractivity contribution in [3.05, 3.63) is 51.7 Å². The molecule has 0 amide bonds. The topological polar surface area (TPSA) is 12.9 Å². The third-order valence-electron chi connectivity index (χ3n) is 1.90. The third-order valence-corrected chi connectivity index (χ3v) is 2.54. The number of hydrogen-bond donors (Lipinski definition) is 0. The Morgan fingerprint density at radius 1 is 0.667 bits per heavy atom. The molecule has 76 valence electrons. The molecule has 2 rings (SSSR count). The van der Waals surface area contributed by atoms with E-state index in [9.17, 15) is 0 Å². The number of nitrogens with zero attached hydrogens (tertiary/aromatic N) is 1. The van der Waals surface area contributed by atoms with E-state index in [4.69, 9.17) is 34.8 Å². The molecule has 2 aromatic rings. The van der Waals surface area contributed by atoms with Crippen molar-refractivity contribution >= 4 is 34.8 Å². The van der Waals surface area contributed by atoms with Crippen LogP contribution in [0.2, 0.25) is 15.1 Å². The maximum Gasteiger partial charge on any atom is 0.0595 e. The predicted octanol–water partition coefficient (Wildman–Crippen LogP) is 4.71. The van der Waals surface area contributed by atoms with E-state index in [-0.39, 0.29) is 0 Å². The molecule has 4 heteroatoms. The summed E-state index contributed by atoms with van der Waals surface area (Å²) in [5.41, 5.74) is 1.80. The van der Waals surface area contributed by atoms with Gasteiger partial charge in [-0.1, -0.05) is 34.8 Å². The highest BCUT2D eigenvalue weighted by atomic mass is 35.5. The van der Waals surface area contributed by atoms with Crippen LogP contribution in [0.25, 0.3) is 11.1 Å². The second kappa shape index (κ2) is 4.40. The summed E-state index contributed by atoms with van der Waals surface area (Å²) in [6.07, 6.45) is 3.30. The fourth-order valence-electron chi connectivity index (χ4n) is 1.29. The minimum absolute atomic E-state index is 0.587. The predicted molar refractivity (Wildman–Crippen MR) is 64.7 cm³/mol. The summed E-state index contributed by atoms with van der Waals surface area (Å²) in [6, 6.07) is 7.14. The van der Waals surface area contributed by atoms with Gasteiger partial charge in [-0.05, 0) is 29.8 Å². The Labute approximate surface area is 103 Å². The molecular weight excluding hydrogens is 252 g/mol. The lowest BCUT2D eigenvalue weighted by Gasteiger charge is -2.03. The maximum absolute atomic E-state index is 5.90. The molecule has 0 radical (unpaired) electrons. The molecule has 1 heterocycles. The smallest absolute Gasteiger partial charge is 0.0595 e. The lowest BCUT2D eigenvalue weighted by molar-refractivity contribution is 1.33. The van der Waals surface area contributed by atoms with Crippen molar-refractivity contribution in [3.8, 4) is 11.1 Å². The van der Waals surface area contributed by atoms with Crippen LogP contribution in [0, 0.1) is 0 Å². The highest BCUT2D eigenvalue weighted by Gasteiger charge is 2.02. The molecule has 0 aliphatic carbocycles. The summed E-state index contributed by atoms with van der Waals surface area (Å²) in [4.78, 5) is 4.00. The second-order valence-corrected chi connectivity index (χ2v) is 4.36. The molecule has 0 N–H and O–H groups in total. The summed E-state index contributed by atoms with van der Waals surface area (Å²) in [5.74, 6) is 0. The van der Waals surface area contributed by atoms with Crippen LogP contribution in [0.5, 0.6) is 0 Å². The van der Waals surface area contributed by atoms with Gasteiger partial charge in [0, 0.05) is 28.0 Å². The molecule has 0 bridgehead atoms. The van der Waals surface area contributed by atoms with Crippen LogP contribution in [0.3, 0.4) is 0 Å². The van der Waals surface area contributed by atoms with E-state index in [0.717, 1.165) is 11.1 Å². The van der Waals surface area contributed by atoms with Gasteiger partial charge >= 0.3 is 0 Å². The highest BCUT2D eigenvalue weighted by Crippen LogP contribution is 2.27. The average Bonchev–Trinajstić information content (AvgIpc) is 2.16. The van der Waals surface area contributed by atoms with E-state index in [1.165, 1.54) is 0 Å². The molecule has 1 aromatic carbocycles. The van der Waals surface area contributed by atoms with Crippen LogP contribution in [-0.4, -0.2) is 4.98 Å². The molecule has 0 atom stereocenters. The first-order valence-corrected chi connectivity index (χ1v) is 5.35. The van der Waals surface area contributed by atoms with Gasteiger partial charge in [0.15, 0.2) is 0 Å². The van der Waals surface area contributed by atoms with Crippen LogP contribution in [-0.2, 0) is 0 Å². The fraction of sp³-hybridized carbons (Fsp3) is 0.